The monoisotopic (exact) mass is 380 g/mol. The van der Waals surface area contributed by atoms with E-state index in [0.29, 0.717) is 11.4 Å². The molecule has 1 aromatic heterocycles. The Bertz CT molecular complexity index is 637. The molecule has 0 fully saturated rings. The van der Waals surface area contributed by atoms with Crippen LogP contribution in [0.15, 0.2) is 39.9 Å². The van der Waals surface area contributed by atoms with Gasteiger partial charge in [0.2, 0.25) is 0 Å². The quantitative estimate of drug-likeness (QED) is 0.805. The number of benzene rings is 1. The van der Waals surface area contributed by atoms with Gasteiger partial charge in [0.1, 0.15) is 4.21 Å². The van der Waals surface area contributed by atoms with Crippen molar-refractivity contribution in [1.29, 1.82) is 0 Å². The van der Waals surface area contributed by atoms with Gasteiger partial charge in [0.05, 0.1) is 5.69 Å². The van der Waals surface area contributed by atoms with E-state index < -0.39 is 10.0 Å². The fourth-order valence-electron chi connectivity index (χ4n) is 1.21. The molecular weight excluding hydrogens is 371 g/mol. The van der Waals surface area contributed by atoms with E-state index in [2.05, 4.69) is 27.3 Å². The second kappa shape index (κ2) is 4.83. The Hall–Kier alpha value is -0.800. The number of halogens is 1. The topological polar surface area (TPSA) is 72.2 Å². The second-order valence-corrected chi connectivity index (χ2v) is 7.27. The lowest BCUT2D eigenvalue weighted by Crippen LogP contribution is -2.12. The number of hydrogen-bond donors (Lipinski definition) is 2. The highest BCUT2D eigenvalue weighted by molar-refractivity contribution is 14.1. The van der Waals surface area contributed by atoms with Crippen LogP contribution in [-0.2, 0) is 10.0 Å². The maximum atomic E-state index is 12.0. The van der Waals surface area contributed by atoms with Gasteiger partial charge in [-0.2, -0.15) is 0 Å². The summed E-state index contributed by atoms with van der Waals surface area (Å²) in [6, 6.07) is 8.63. The van der Waals surface area contributed by atoms with Crippen LogP contribution >= 0.6 is 33.9 Å². The van der Waals surface area contributed by atoms with Crippen molar-refractivity contribution < 1.29 is 8.42 Å². The zero-order valence-corrected chi connectivity index (χ0v) is 12.3. The minimum atomic E-state index is -3.53. The van der Waals surface area contributed by atoms with Crippen LogP contribution in [0.5, 0.6) is 0 Å². The number of anilines is 2. The lowest BCUT2D eigenvalue weighted by molar-refractivity contribution is 0.603. The number of nitrogen functional groups attached to an aromatic ring is 1. The first-order valence-corrected chi connectivity index (χ1v) is 8.04. The summed E-state index contributed by atoms with van der Waals surface area (Å²) in [7, 11) is -3.53. The van der Waals surface area contributed by atoms with Crippen molar-refractivity contribution in [3.05, 3.63) is 39.3 Å². The maximum absolute atomic E-state index is 12.0. The minimum Gasteiger partial charge on any atom is -0.398 e. The van der Waals surface area contributed by atoms with Gasteiger partial charge in [0.25, 0.3) is 10.0 Å². The zero-order valence-electron chi connectivity index (χ0n) is 8.55. The molecule has 0 unspecified atom stereocenters. The lowest BCUT2D eigenvalue weighted by atomic mass is 10.3. The van der Waals surface area contributed by atoms with Crippen molar-refractivity contribution in [3.63, 3.8) is 0 Å². The van der Waals surface area contributed by atoms with E-state index in [4.69, 9.17) is 5.73 Å². The van der Waals surface area contributed by atoms with Gasteiger partial charge in [-0.25, -0.2) is 8.42 Å². The van der Waals surface area contributed by atoms with Gasteiger partial charge in [-0.3, -0.25) is 4.72 Å². The third-order valence-electron chi connectivity index (χ3n) is 1.98. The van der Waals surface area contributed by atoms with E-state index in [0.717, 1.165) is 14.9 Å². The predicted octanol–water partition coefficient (Wildman–Crippen LogP) is 2.74. The van der Waals surface area contributed by atoms with Crippen molar-refractivity contribution >= 4 is 55.3 Å². The van der Waals surface area contributed by atoms with Gasteiger partial charge in [0, 0.05) is 14.6 Å². The number of hydrogen-bond acceptors (Lipinski definition) is 4. The summed E-state index contributed by atoms with van der Waals surface area (Å²) in [6.07, 6.45) is 0. The third-order valence-corrected chi connectivity index (χ3v) is 5.74. The van der Waals surface area contributed by atoms with Crippen LogP contribution in [0.2, 0.25) is 0 Å². The van der Waals surface area contributed by atoms with E-state index >= 15 is 0 Å². The maximum Gasteiger partial charge on any atom is 0.271 e. The van der Waals surface area contributed by atoms with Gasteiger partial charge in [0.15, 0.2) is 0 Å². The van der Waals surface area contributed by atoms with Gasteiger partial charge in [-0.15, -0.1) is 11.3 Å². The summed E-state index contributed by atoms with van der Waals surface area (Å²) in [6.45, 7) is 0. The van der Waals surface area contributed by atoms with Gasteiger partial charge in [-0.05, 0) is 40.8 Å². The Balaban J connectivity index is 2.33. The fourth-order valence-corrected chi connectivity index (χ4v) is 4.08. The largest absolute Gasteiger partial charge is 0.398 e. The van der Waals surface area contributed by atoms with Crippen molar-refractivity contribution in [3.8, 4) is 0 Å². The number of para-hydroxylation sites is 1. The molecule has 0 saturated carbocycles. The molecule has 0 bridgehead atoms. The van der Waals surface area contributed by atoms with Crippen molar-refractivity contribution in [1.82, 2.24) is 0 Å². The Morgan fingerprint density at radius 2 is 2.00 bits per heavy atom. The fraction of sp³-hybridized carbons (Fsp3) is 0. The molecule has 3 N–H and O–H groups in total. The second-order valence-electron chi connectivity index (χ2n) is 3.28. The first kappa shape index (κ1) is 12.7. The highest BCUT2D eigenvalue weighted by Crippen LogP contribution is 2.26. The molecule has 0 spiro atoms. The Labute approximate surface area is 117 Å². The molecule has 0 atom stereocenters. The molecule has 4 nitrogen and oxygen atoms in total. The molecule has 7 heteroatoms. The summed E-state index contributed by atoms with van der Waals surface area (Å²) in [5, 5.41) is 1.60. The lowest BCUT2D eigenvalue weighted by Gasteiger charge is -2.07. The first-order valence-electron chi connectivity index (χ1n) is 4.60. The summed E-state index contributed by atoms with van der Waals surface area (Å²) in [4.78, 5) is 0. The smallest absolute Gasteiger partial charge is 0.271 e. The van der Waals surface area contributed by atoms with E-state index in [-0.39, 0.29) is 4.21 Å². The van der Waals surface area contributed by atoms with Crippen molar-refractivity contribution in [2.24, 2.45) is 0 Å². The Morgan fingerprint density at radius 1 is 1.29 bits per heavy atom. The summed E-state index contributed by atoms with van der Waals surface area (Å²) >= 11 is 3.18. The van der Waals surface area contributed by atoms with Crippen LogP contribution in [0.4, 0.5) is 11.4 Å². The van der Waals surface area contributed by atoms with Crippen LogP contribution in [-0.4, -0.2) is 8.42 Å². The Morgan fingerprint density at radius 3 is 2.59 bits per heavy atom. The average molecular weight is 380 g/mol. The molecule has 90 valence electrons. The minimum absolute atomic E-state index is 0.217. The third kappa shape index (κ3) is 2.90. The molecule has 1 aromatic carbocycles. The van der Waals surface area contributed by atoms with Crippen molar-refractivity contribution in [2.45, 2.75) is 4.21 Å². The van der Waals surface area contributed by atoms with Crippen molar-refractivity contribution in [2.75, 3.05) is 10.5 Å². The molecule has 0 aliphatic carbocycles. The Kier molecular flexibility index (Phi) is 3.59. The number of nitrogens with two attached hydrogens (primary N) is 1. The molecule has 0 aliphatic heterocycles. The van der Waals surface area contributed by atoms with Crippen LogP contribution < -0.4 is 10.5 Å². The normalized spacial score (nSPS) is 11.4. The molecule has 0 amide bonds. The summed E-state index contributed by atoms with van der Waals surface area (Å²) in [5.41, 5.74) is 6.54. The van der Waals surface area contributed by atoms with E-state index in [1.165, 1.54) is 6.07 Å². The number of thiophene rings is 1. The number of sulfonamides is 1. The molecule has 0 radical (unpaired) electrons. The number of nitrogens with one attached hydrogen (secondary N) is 1. The molecule has 1 heterocycles. The summed E-state index contributed by atoms with van der Waals surface area (Å²) in [5.74, 6) is 0. The van der Waals surface area contributed by atoms with Crippen LogP contribution in [0.1, 0.15) is 0 Å². The summed E-state index contributed by atoms with van der Waals surface area (Å²) < 4.78 is 27.6. The molecule has 0 saturated heterocycles. The van der Waals surface area contributed by atoms with Crippen LogP contribution in [0.3, 0.4) is 0 Å². The van der Waals surface area contributed by atoms with E-state index in [1.807, 2.05) is 12.1 Å². The van der Waals surface area contributed by atoms with E-state index in [1.54, 1.807) is 17.5 Å². The molecule has 2 rings (SSSR count). The SMILES string of the molecule is Nc1csc(S(=O)(=O)Nc2ccccc2I)c1. The highest BCUT2D eigenvalue weighted by Gasteiger charge is 2.17. The highest BCUT2D eigenvalue weighted by atomic mass is 127. The van der Waals surface area contributed by atoms with Gasteiger partial charge >= 0.3 is 0 Å². The van der Waals surface area contributed by atoms with E-state index in [9.17, 15) is 8.42 Å². The molecule has 0 aliphatic rings. The van der Waals surface area contributed by atoms with Crippen LogP contribution in [0.25, 0.3) is 0 Å². The first-order chi connectivity index (χ1) is 7.99. The molecule has 2 aromatic rings. The molecular formula is C10H9IN2O2S2. The van der Waals surface area contributed by atoms with Gasteiger partial charge in [-0.1, -0.05) is 12.1 Å². The average Bonchev–Trinajstić information content (AvgIpc) is 2.69. The molecule has 17 heavy (non-hydrogen) atoms. The van der Waals surface area contributed by atoms with Gasteiger partial charge < -0.3 is 5.73 Å². The predicted molar refractivity (Wildman–Crippen MR) is 78.7 cm³/mol. The van der Waals surface area contributed by atoms with Crippen LogP contribution in [0, 0.1) is 3.57 Å². The standard InChI is InChI=1S/C10H9IN2O2S2/c11-8-3-1-2-4-9(8)13-17(14,15)10-5-7(12)6-16-10/h1-6,13H,12H2. The number of rotatable bonds is 3. The zero-order chi connectivity index (χ0) is 12.5.